The smallest absolute Gasteiger partial charge is 0.202 e. The number of ketones is 9. The van der Waals surface area contributed by atoms with Crippen LogP contribution in [0.25, 0.3) is 0 Å². The molecule has 18 atom stereocenters. The van der Waals surface area contributed by atoms with E-state index in [0.29, 0.717) is 0 Å². The van der Waals surface area contributed by atoms with Gasteiger partial charge in [-0.25, -0.2) is 0 Å². The first-order valence-electron chi connectivity index (χ1n) is 36.4. The number of nitrogens with two attached hydrogens (primary N) is 3. The van der Waals surface area contributed by atoms with Crippen molar-refractivity contribution in [2.75, 3.05) is 13.7 Å². The molecule has 9 aliphatic rings. The molecule has 15 rings (SSSR count). The Hall–Kier alpha value is -9.73. The van der Waals surface area contributed by atoms with E-state index in [0.717, 1.165) is 0 Å². The van der Waals surface area contributed by atoms with Gasteiger partial charge in [-0.2, -0.15) is 0 Å². The van der Waals surface area contributed by atoms with E-state index in [1.54, 1.807) is 32.9 Å². The van der Waals surface area contributed by atoms with Crippen LogP contribution in [0.3, 0.4) is 0 Å². The molecule has 3 fully saturated rings. The lowest BCUT2D eigenvalue weighted by Gasteiger charge is -2.42. The lowest BCUT2D eigenvalue weighted by molar-refractivity contribution is -0.247. The van der Waals surface area contributed by atoms with Gasteiger partial charge < -0.3 is 122 Å². The highest BCUT2D eigenvalue weighted by Crippen LogP contribution is 2.57. The number of carbonyl (C=O) groups excluding carboxylic acids is 9. The summed E-state index contributed by atoms with van der Waals surface area (Å²) in [5.41, 5.74) is 8.72. The van der Waals surface area contributed by atoms with Gasteiger partial charge in [0, 0.05) is 137 Å². The first-order valence-corrected chi connectivity index (χ1v) is 36.4. The molecule has 3 heterocycles. The lowest BCUT2D eigenvalue weighted by Crippen LogP contribution is -2.53. The van der Waals surface area contributed by atoms with Crippen LogP contribution in [0.15, 0.2) is 60.7 Å². The summed E-state index contributed by atoms with van der Waals surface area (Å²) in [5, 5.41) is 151. The second kappa shape index (κ2) is 30.2. The standard InChI is InChI=1S/C27H29NO11.C27H29NO10.C26H27NO9/c1-10-22(31)13(28)6-17(38-10)39-15-8-27(36,16(30)9-29)7-12-19(15)26(35)21-20(24(12)33)23(32)11-4-3-5-14(37-2)18(11)25(21)34;1-10-22(31)15(28)6-17(37-10)38-16-8-27(36,11(2)30)7-14-19(16)26(35)21-20(24(14)33)23(32)13-5-3-4-12(9-29)18(13)25(21)34;1-10-21(29)15(27)7-17(35-10)36-16-9-26(34,11(2)28)8-14-18(16)25(33)20-19(24(14)32)22(30)12-5-3-4-6-13(12)23(20)31/h3-5,10,13,15,17,22,29,31,33,35-36H,6-9,28H2,1-2H3;3-5,10,15-17,22,29,31,33,35-36H,6-9,28H2,1-2H3;3-6,10,15-17,21,29,32-34H,7-9,27H2,1-2H3/t10-,13-,15-,17-,22+,27-;10?,15-,16+,17+,22-,27+;10-,15-,16-,17-,21+,26-/m010/s1. The van der Waals surface area contributed by atoms with E-state index in [9.17, 15) is 115 Å². The van der Waals surface area contributed by atoms with Gasteiger partial charge in [-0.1, -0.05) is 54.6 Å². The van der Waals surface area contributed by atoms with Crippen LogP contribution in [0.2, 0.25) is 0 Å². The zero-order chi connectivity index (χ0) is 82.2. The van der Waals surface area contributed by atoms with Crippen molar-refractivity contribution in [1.29, 1.82) is 0 Å². The quantitative estimate of drug-likeness (QED) is 0.0771. The summed E-state index contributed by atoms with van der Waals surface area (Å²) < 4.78 is 40.5. The number of aliphatic hydroxyl groups excluding tert-OH is 5. The number of Topliss-reactive ketones (excluding diaryl/α,β-unsaturated/α-hetero) is 3. The maximum Gasteiger partial charge on any atom is 0.202 e. The number of hydrogen-bond donors (Lipinski definition) is 17. The fraction of sp³-hybridized carbons (Fsp3) is 0.438. The van der Waals surface area contributed by atoms with E-state index < -0.39 is 256 Å². The van der Waals surface area contributed by atoms with Crippen molar-refractivity contribution in [2.24, 2.45) is 17.2 Å². The first-order chi connectivity index (χ1) is 53.3. The molecule has 0 spiro atoms. The molecular weight excluding hydrogens is 1480 g/mol. The van der Waals surface area contributed by atoms with Crippen LogP contribution in [0, 0.1) is 0 Å². The monoisotopic (exact) mass is 1570 g/mol. The molecule has 113 heavy (non-hydrogen) atoms. The minimum atomic E-state index is -2.24. The van der Waals surface area contributed by atoms with Gasteiger partial charge in [-0.15, -0.1) is 0 Å². The van der Waals surface area contributed by atoms with Gasteiger partial charge in [0.1, 0.15) is 63.7 Å². The summed E-state index contributed by atoms with van der Waals surface area (Å²) in [6.45, 7) is 5.60. The molecule has 3 aliphatic heterocycles. The average molecular weight is 1570 g/mol. The molecule has 33 nitrogen and oxygen atoms in total. The number of ether oxygens (including phenoxy) is 7. The van der Waals surface area contributed by atoms with Gasteiger partial charge in [-0.05, 0) is 46.2 Å². The van der Waals surface area contributed by atoms with Gasteiger partial charge in [-0.3, -0.25) is 43.2 Å². The predicted molar refractivity (Wildman–Crippen MR) is 385 cm³/mol. The molecule has 0 saturated carbocycles. The van der Waals surface area contributed by atoms with Crippen molar-refractivity contribution < 1.29 is 148 Å². The van der Waals surface area contributed by atoms with E-state index >= 15 is 0 Å². The van der Waals surface area contributed by atoms with Crippen molar-refractivity contribution in [3.05, 3.63) is 166 Å². The molecule has 0 radical (unpaired) electrons. The first kappa shape index (κ1) is 81.3. The van der Waals surface area contributed by atoms with Crippen LogP contribution in [0.1, 0.15) is 226 Å². The zero-order valence-electron chi connectivity index (χ0n) is 61.7. The highest BCUT2D eigenvalue weighted by Gasteiger charge is 2.55. The Balaban J connectivity index is 0.000000148. The minimum absolute atomic E-state index is 0.00588. The molecule has 0 aromatic heterocycles. The summed E-state index contributed by atoms with van der Waals surface area (Å²) in [6.07, 6.45) is -14.1. The van der Waals surface area contributed by atoms with Crippen LogP contribution >= 0.6 is 0 Å². The summed E-state index contributed by atoms with van der Waals surface area (Å²) in [6, 6.07) is 12.7. The van der Waals surface area contributed by atoms with E-state index in [4.69, 9.17) is 50.4 Å². The fourth-order valence-corrected chi connectivity index (χ4v) is 16.9. The van der Waals surface area contributed by atoms with Crippen LogP contribution < -0.4 is 21.9 Å². The number of phenolic OH excluding ortho intramolecular Hbond substituents is 6. The Morgan fingerprint density at radius 2 is 0.743 bits per heavy atom. The fourth-order valence-electron chi connectivity index (χ4n) is 16.9. The number of aliphatic hydroxyl groups is 8. The van der Waals surface area contributed by atoms with Crippen molar-refractivity contribution in [2.45, 2.75) is 208 Å². The SMILES string of the molecule is CC(=O)[C@]1(O)Cc2c(O)c3c(c(O)c2[C@@H](O[C@H]2C[C@@H](N)[C@H](O)C(C)O2)C1)C(=O)c1c(CO)cccc1C3=O.CC(=O)[C@]1(O)Cc2c(O)c3c(c(O)c2[C@@H](O[C@H]2C[C@H](N)[C@H](O)[C@H](C)O2)C1)C(=O)c1ccccc1C3=O.COc1cccc2c1C(=O)c1c(O)c3c(c(O)c1C2=O)C[C@@](O)(C(=O)CO)C[C@@H]3O[C@H]1C[C@H](N)[C@H](O)[C@H](C)O1. The minimum Gasteiger partial charge on any atom is -0.507 e. The summed E-state index contributed by atoms with van der Waals surface area (Å²) in [4.78, 5) is 118. The van der Waals surface area contributed by atoms with Crippen molar-refractivity contribution in [1.82, 2.24) is 0 Å². The Morgan fingerprint density at radius 1 is 0.434 bits per heavy atom. The maximum atomic E-state index is 13.6. The third-order valence-corrected chi connectivity index (χ3v) is 23.2. The molecule has 600 valence electrons. The largest absolute Gasteiger partial charge is 0.507 e. The van der Waals surface area contributed by atoms with E-state index in [1.165, 1.54) is 69.5 Å². The summed E-state index contributed by atoms with van der Waals surface area (Å²) >= 11 is 0. The number of phenols is 6. The van der Waals surface area contributed by atoms with Gasteiger partial charge in [0.2, 0.25) is 5.78 Å². The third kappa shape index (κ3) is 13.6. The van der Waals surface area contributed by atoms with E-state index in [2.05, 4.69) is 0 Å². The highest BCUT2D eigenvalue weighted by molar-refractivity contribution is 6.33. The molecule has 0 bridgehead atoms. The molecule has 6 aromatic carbocycles. The third-order valence-electron chi connectivity index (χ3n) is 23.2. The van der Waals surface area contributed by atoms with Gasteiger partial charge >= 0.3 is 0 Å². The predicted octanol–water partition coefficient (Wildman–Crippen LogP) is 1.53. The van der Waals surface area contributed by atoms with Crippen LogP contribution in [0.5, 0.6) is 40.2 Å². The zero-order valence-corrected chi connectivity index (χ0v) is 61.7. The molecular formula is C80H85N3O30. The number of rotatable bonds is 12. The van der Waals surface area contributed by atoms with Crippen LogP contribution in [-0.4, -0.2) is 228 Å². The Morgan fingerprint density at radius 3 is 1.09 bits per heavy atom. The van der Waals surface area contributed by atoms with Crippen LogP contribution in [-0.2, 0) is 68.7 Å². The molecule has 20 N–H and O–H groups in total. The molecule has 6 aliphatic carbocycles. The maximum absolute atomic E-state index is 13.6. The number of methoxy groups -OCH3 is 1. The van der Waals surface area contributed by atoms with Crippen molar-refractivity contribution >= 4 is 52.0 Å². The lowest BCUT2D eigenvalue weighted by atomic mass is 9.71. The van der Waals surface area contributed by atoms with Crippen LogP contribution in [0.4, 0.5) is 0 Å². The number of carbonyl (C=O) groups is 9. The summed E-state index contributed by atoms with van der Waals surface area (Å²) in [5.74, 6) is -10.3. The van der Waals surface area contributed by atoms with Gasteiger partial charge in [0.15, 0.2) is 65.1 Å². The second-order valence-electron chi connectivity index (χ2n) is 30.2. The van der Waals surface area contributed by atoms with Gasteiger partial charge in [0.25, 0.3) is 0 Å². The number of benzene rings is 6. The van der Waals surface area contributed by atoms with Crippen molar-refractivity contribution in [3.8, 4) is 40.2 Å². The molecule has 6 aromatic rings. The topological polar surface area (TPSA) is 580 Å². The number of fused-ring (bicyclic) bond motifs is 9. The average Bonchev–Trinajstić information content (AvgIpc) is 0.719. The normalized spacial score (nSPS) is 30.5. The van der Waals surface area contributed by atoms with Gasteiger partial charge in [0.05, 0.1) is 108 Å². The molecule has 3 saturated heterocycles. The Bertz CT molecular complexity index is 5000. The number of hydrogen-bond acceptors (Lipinski definition) is 33. The molecule has 33 heteroatoms. The second-order valence-corrected chi connectivity index (χ2v) is 30.2. The summed E-state index contributed by atoms with van der Waals surface area (Å²) in [7, 11) is 1.32. The molecule has 1 unspecified atom stereocenters. The van der Waals surface area contributed by atoms with E-state index in [-0.39, 0.29) is 121 Å². The Kier molecular flexibility index (Phi) is 21.7. The Labute approximate surface area is 642 Å². The number of aromatic hydroxyl groups is 6. The molecule has 0 amide bonds. The highest BCUT2D eigenvalue weighted by atomic mass is 16.7. The van der Waals surface area contributed by atoms with E-state index in [1.807, 2.05) is 0 Å². The van der Waals surface area contributed by atoms with Crippen molar-refractivity contribution in [3.63, 3.8) is 0 Å².